The summed E-state index contributed by atoms with van der Waals surface area (Å²) >= 11 is 0. The van der Waals surface area contributed by atoms with Crippen molar-refractivity contribution in [2.24, 2.45) is 0 Å². The Morgan fingerprint density at radius 3 is 1.83 bits per heavy atom. The summed E-state index contributed by atoms with van der Waals surface area (Å²) in [5.41, 5.74) is 2.54. The SMILES string of the molecule is COc1ccc(OC=CC2(P(c3ccccc3)c3ccccc3)CC=CC=C2c2ccccc2)cc1. The second-order valence-electron chi connectivity index (χ2n) is 8.61. The predicted molar refractivity (Wildman–Crippen MR) is 153 cm³/mol. The monoisotopic (exact) mass is 488 g/mol. The fourth-order valence-electron chi connectivity index (χ4n) is 4.72. The van der Waals surface area contributed by atoms with E-state index < -0.39 is 7.92 Å². The Morgan fingerprint density at radius 1 is 0.694 bits per heavy atom. The van der Waals surface area contributed by atoms with E-state index in [1.165, 1.54) is 21.7 Å². The Balaban J connectivity index is 1.65. The van der Waals surface area contributed by atoms with Crippen LogP contribution in [-0.2, 0) is 0 Å². The van der Waals surface area contributed by atoms with Crippen LogP contribution < -0.4 is 20.1 Å². The lowest BCUT2D eigenvalue weighted by Crippen LogP contribution is -2.35. The Hall–Kier alpha value is -3.87. The highest BCUT2D eigenvalue weighted by molar-refractivity contribution is 7.75. The van der Waals surface area contributed by atoms with Gasteiger partial charge in [-0.3, -0.25) is 0 Å². The van der Waals surface area contributed by atoms with E-state index in [9.17, 15) is 0 Å². The molecule has 178 valence electrons. The molecule has 4 aromatic carbocycles. The summed E-state index contributed by atoms with van der Waals surface area (Å²) in [5.74, 6) is 1.59. The number of ether oxygens (including phenoxy) is 2. The van der Waals surface area contributed by atoms with Gasteiger partial charge in [0, 0.05) is 5.16 Å². The Morgan fingerprint density at radius 2 is 1.25 bits per heavy atom. The molecule has 3 heteroatoms. The van der Waals surface area contributed by atoms with Crippen molar-refractivity contribution in [1.82, 2.24) is 0 Å². The number of methoxy groups -OCH3 is 1. The highest BCUT2D eigenvalue weighted by Crippen LogP contribution is 2.59. The van der Waals surface area contributed by atoms with Gasteiger partial charge in [0.2, 0.25) is 0 Å². The van der Waals surface area contributed by atoms with Crippen molar-refractivity contribution in [1.29, 1.82) is 0 Å². The average molecular weight is 489 g/mol. The van der Waals surface area contributed by atoms with Crippen molar-refractivity contribution in [3.63, 3.8) is 0 Å². The standard InChI is InChI=1S/C33H29O2P/c1-34-28-20-22-29(23-21-28)35-26-25-33(24-12-11-19-32(33)27-13-5-2-6-14-27)36(30-15-7-3-8-16-30)31-17-9-4-10-18-31/h2-23,25-26H,24H2,1H3. The summed E-state index contributed by atoms with van der Waals surface area (Å²) < 4.78 is 11.5. The van der Waals surface area contributed by atoms with E-state index in [2.05, 4.69) is 115 Å². The molecule has 4 aromatic rings. The number of hydrogen-bond acceptors (Lipinski definition) is 2. The molecule has 0 bridgehead atoms. The summed E-state index contributed by atoms with van der Waals surface area (Å²) in [6.45, 7) is 0. The normalized spacial score (nSPS) is 17.2. The van der Waals surface area contributed by atoms with E-state index >= 15 is 0 Å². The fourth-order valence-corrected chi connectivity index (χ4v) is 7.82. The smallest absolute Gasteiger partial charge is 0.126 e. The molecule has 1 atom stereocenters. The van der Waals surface area contributed by atoms with Crippen molar-refractivity contribution in [3.8, 4) is 11.5 Å². The van der Waals surface area contributed by atoms with Gasteiger partial charge in [0.05, 0.1) is 13.4 Å². The first-order valence-electron chi connectivity index (χ1n) is 12.1. The zero-order valence-corrected chi connectivity index (χ0v) is 21.2. The van der Waals surface area contributed by atoms with Crippen LogP contribution in [0.4, 0.5) is 0 Å². The van der Waals surface area contributed by atoms with Crippen molar-refractivity contribution in [2.45, 2.75) is 11.6 Å². The van der Waals surface area contributed by atoms with Gasteiger partial charge in [-0.2, -0.15) is 0 Å². The molecular weight excluding hydrogens is 459 g/mol. The van der Waals surface area contributed by atoms with Crippen molar-refractivity contribution in [3.05, 3.63) is 151 Å². The molecule has 0 aliphatic heterocycles. The fraction of sp³-hybridized carbons (Fsp3) is 0.0909. The van der Waals surface area contributed by atoms with Gasteiger partial charge in [-0.1, -0.05) is 109 Å². The average Bonchev–Trinajstić information content (AvgIpc) is 2.95. The Labute approximate surface area is 215 Å². The summed E-state index contributed by atoms with van der Waals surface area (Å²) in [7, 11) is 0.859. The van der Waals surface area contributed by atoms with Crippen molar-refractivity contribution >= 4 is 24.1 Å². The van der Waals surface area contributed by atoms with Crippen molar-refractivity contribution in [2.75, 3.05) is 7.11 Å². The van der Waals surface area contributed by atoms with E-state index in [4.69, 9.17) is 9.47 Å². The maximum Gasteiger partial charge on any atom is 0.126 e. The molecule has 0 heterocycles. The lowest BCUT2D eigenvalue weighted by atomic mass is 9.85. The molecule has 0 fully saturated rings. The molecule has 0 aromatic heterocycles. The largest absolute Gasteiger partial charge is 0.497 e. The number of allylic oxidation sites excluding steroid dienone is 5. The van der Waals surface area contributed by atoms with Crippen LogP contribution in [0.5, 0.6) is 11.5 Å². The third-order valence-corrected chi connectivity index (χ3v) is 9.41. The van der Waals surface area contributed by atoms with Gasteiger partial charge < -0.3 is 9.47 Å². The lowest BCUT2D eigenvalue weighted by molar-refractivity contribution is 0.412. The zero-order chi connectivity index (χ0) is 24.6. The molecule has 1 unspecified atom stereocenters. The van der Waals surface area contributed by atoms with Crippen LogP contribution in [0.3, 0.4) is 0 Å². The molecule has 2 nitrogen and oxygen atoms in total. The van der Waals surface area contributed by atoms with E-state index in [1.54, 1.807) is 7.11 Å². The molecule has 0 N–H and O–H groups in total. The molecule has 0 saturated carbocycles. The van der Waals surface area contributed by atoms with Crippen LogP contribution in [0.2, 0.25) is 0 Å². The molecule has 0 saturated heterocycles. The first-order valence-corrected chi connectivity index (χ1v) is 13.5. The summed E-state index contributed by atoms with van der Waals surface area (Å²) in [5, 5.41) is 2.38. The van der Waals surface area contributed by atoms with Crippen molar-refractivity contribution < 1.29 is 9.47 Å². The summed E-state index contributed by atoms with van der Waals surface area (Å²) in [4.78, 5) is 0. The third kappa shape index (κ3) is 5.05. The first kappa shape index (κ1) is 23.9. The van der Waals surface area contributed by atoms with Crippen LogP contribution in [0.25, 0.3) is 5.57 Å². The summed E-state index contributed by atoms with van der Waals surface area (Å²) in [6.07, 6.45) is 11.8. The van der Waals surface area contributed by atoms with Gasteiger partial charge in [-0.15, -0.1) is 0 Å². The quantitative estimate of drug-likeness (QED) is 0.189. The third-order valence-electron chi connectivity index (χ3n) is 6.41. The van der Waals surface area contributed by atoms with Gasteiger partial charge in [0.25, 0.3) is 0 Å². The molecular formula is C33H29O2P. The minimum absolute atomic E-state index is 0.291. The maximum atomic E-state index is 6.16. The zero-order valence-electron chi connectivity index (χ0n) is 20.3. The van der Waals surface area contributed by atoms with Gasteiger partial charge in [-0.05, 0) is 66.4 Å². The molecule has 0 radical (unpaired) electrons. The molecule has 0 amide bonds. The first-order chi connectivity index (χ1) is 17.8. The number of benzene rings is 4. The highest BCUT2D eigenvalue weighted by atomic mass is 31.1. The molecule has 1 aliphatic rings. The second-order valence-corrected chi connectivity index (χ2v) is 11.1. The van der Waals surface area contributed by atoms with Gasteiger partial charge in [-0.25, -0.2) is 0 Å². The van der Waals surface area contributed by atoms with Crippen LogP contribution in [0, 0.1) is 0 Å². The minimum Gasteiger partial charge on any atom is -0.497 e. The minimum atomic E-state index is -0.811. The summed E-state index contributed by atoms with van der Waals surface area (Å²) in [6, 6.07) is 40.2. The lowest BCUT2D eigenvalue weighted by Gasteiger charge is -2.42. The van der Waals surface area contributed by atoms with E-state index in [1.807, 2.05) is 30.5 Å². The van der Waals surface area contributed by atoms with Crippen LogP contribution in [0.1, 0.15) is 12.0 Å². The van der Waals surface area contributed by atoms with Gasteiger partial charge in [0.15, 0.2) is 0 Å². The highest BCUT2D eigenvalue weighted by Gasteiger charge is 2.42. The predicted octanol–water partition coefficient (Wildman–Crippen LogP) is 7.50. The number of rotatable bonds is 8. The molecule has 36 heavy (non-hydrogen) atoms. The van der Waals surface area contributed by atoms with E-state index in [-0.39, 0.29) is 5.16 Å². The molecule has 5 rings (SSSR count). The van der Waals surface area contributed by atoms with Gasteiger partial charge >= 0.3 is 0 Å². The van der Waals surface area contributed by atoms with Gasteiger partial charge in [0.1, 0.15) is 11.5 Å². The maximum absolute atomic E-state index is 6.16. The van der Waals surface area contributed by atoms with Crippen LogP contribution >= 0.6 is 7.92 Å². The van der Waals surface area contributed by atoms with Crippen LogP contribution in [0.15, 0.2) is 146 Å². The molecule has 0 spiro atoms. The Bertz CT molecular complexity index is 1300. The second kappa shape index (κ2) is 11.2. The van der Waals surface area contributed by atoms with E-state index in [0.717, 1.165) is 17.9 Å². The Kier molecular flexibility index (Phi) is 7.45. The van der Waals surface area contributed by atoms with E-state index in [0.29, 0.717) is 0 Å². The number of hydrogen-bond donors (Lipinski definition) is 0. The van der Waals surface area contributed by atoms with Crippen LogP contribution in [-0.4, -0.2) is 12.3 Å². The molecule has 1 aliphatic carbocycles. The topological polar surface area (TPSA) is 18.5 Å².